The number of Topliss-reactive ketones (excluding diaryl/α,β-unsaturated/α-hetero) is 1. The van der Waals surface area contributed by atoms with Gasteiger partial charge in [-0.25, -0.2) is 19.2 Å². The summed E-state index contributed by atoms with van der Waals surface area (Å²) < 4.78 is 25.4. The Kier molecular flexibility index (Phi) is 15.8. The van der Waals surface area contributed by atoms with Crippen LogP contribution in [0.1, 0.15) is 87.0 Å². The first-order chi connectivity index (χ1) is 22.7. The molecule has 0 spiro atoms. The number of alkyl carbamates (subject to hydrolysis) is 3. The molecule has 0 heterocycles. The molecule has 0 bridgehead atoms. The molecule has 3 amide bonds. The van der Waals surface area contributed by atoms with Gasteiger partial charge in [-0.15, -0.1) is 0 Å². The van der Waals surface area contributed by atoms with Gasteiger partial charge in [0.05, 0.1) is 13.2 Å². The lowest BCUT2D eigenvalue weighted by atomic mass is 9.62. The number of carbonyl (C=O) groups excluding carboxylic acids is 5. The molecule has 0 saturated heterocycles. The average molecular weight is 697 g/mol. The van der Waals surface area contributed by atoms with Crippen molar-refractivity contribution >= 4 is 30.0 Å². The molecule has 4 unspecified atom stereocenters. The molecule has 14 nitrogen and oxygen atoms in total. The molecule has 0 radical (unpaired) electrons. The summed E-state index contributed by atoms with van der Waals surface area (Å²) in [6.07, 6.45) is 2.84. The number of amides is 3. The van der Waals surface area contributed by atoms with Gasteiger partial charge < -0.3 is 45.0 Å². The highest BCUT2D eigenvalue weighted by molar-refractivity contribution is 5.87. The van der Waals surface area contributed by atoms with E-state index in [4.69, 9.17) is 23.7 Å². The molecule has 2 aliphatic rings. The first kappa shape index (κ1) is 41.8. The molecule has 4 atom stereocenters. The maximum absolute atomic E-state index is 12.6. The van der Waals surface area contributed by atoms with Crippen LogP contribution in [-0.2, 0) is 33.3 Å². The molecule has 0 aliphatic heterocycles. The Morgan fingerprint density at radius 2 is 1.16 bits per heavy atom. The fraction of sp³-hybridized carbons (Fsp3) is 0.800. The quantitative estimate of drug-likeness (QED) is 0.0739. The normalized spacial score (nSPS) is 25.6. The van der Waals surface area contributed by atoms with Crippen LogP contribution in [0.2, 0.25) is 0 Å². The highest BCUT2D eigenvalue weighted by atomic mass is 16.6. The Morgan fingerprint density at radius 3 is 1.67 bits per heavy atom. The summed E-state index contributed by atoms with van der Waals surface area (Å²) in [7, 11) is 1.55. The molecule has 2 saturated carbocycles. The lowest BCUT2D eigenvalue weighted by Crippen LogP contribution is -2.50. The zero-order valence-electron chi connectivity index (χ0n) is 30.8. The van der Waals surface area contributed by atoms with Gasteiger partial charge in [-0.3, -0.25) is 4.79 Å². The highest BCUT2D eigenvalue weighted by Crippen LogP contribution is 2.46. The largest absolute Gasteiger partial charge is 0.459 e. The van der Waals surface area contributed by atoms with Gasteiger partial charge in [0.25, 0.3) is 0 Å². The molecular weight excluding hydrogens is 636 g/mol. The average Bonchev–Trinajstić information content (AvgIpc) is 2.95. The fourth-order valence-corrected chi connectivity index (χ4v) is 7.80. The molecular formula is C35H60N4O10. The van der Waals surface area contributed by atoms with Crippen molar-refractivity contribution in [1.29, 1.82) is 0 Å². The van der Waals surface area contributed by atoms with Crippen molar-refractivity contribution < 1.29 is 47.7 Å². The second kappa shape index (κ2) is 18.6. The maximum Gasteiger partial charge on any atom is 0.407 e. The van der Waals surface area contributed by atoms with Crippen molar-refractivity contribution in [2.75, 3.05) is 59.8 Å². The Balaban J connectivity index is 1.75. The van der Waals surface area contributed by atoms with Crippen LogP contribution in [0.4, 0.5) is 14.4 Å². The summed E-state index contributed by atoms with van der Waals surface area (Å²) >= 11 is 0. The minimum absolute atomic E-state index is 0.0173. The van der Waals surface area contributed by atoms with Crippen LogP contribution in [-0.4, -0.2) is 102 Å². The van der Waals surface area contributed by atoms with Gasteiger partial charge in [0.15, 0.2) is 12.4 Å². The lowest BCUT2D eigenvalue weighted by molar-refractivity contribution is -0.140. The van der Waals surface area contributed by atoms with E-state index in [0.29, 0.717) is 26.1 Å². The maximum atomic E-state index is 12.6. The molecule has 0 aromatic rings. The van der Waals surface area contributed by atoms with Crippen LogP contribution in [0, 0.1) is 21.7 Å². The van der Waals surface area contributed by atoms with Gasteiger partial charge in [0.2, 0.25) is 0 Å². The van der Waals surface area contributed by atoms with Crippen LogP contribution in [0.15, 0.2) is 12.2 Å². The highest BCUT2D eigenvalue weighted by Gasteiger charge is 2.43. The minimum atomic E-state index is -0.682. The van der Waals surface area contributed by atoms with Gasteiger partial charge in [0.1, 0.15) is 19.8 Å². The van der Waals surface area contributed by atoms with Crippen LogP contribution in [0.5, 0.6) is 0 Å². The number of ether oxygens (including phenoxy) is 5. The third kappa shape index (κ3) is 16.2. The molecule has 280 valence electrons. The fourth-order valence-electron chi connectivity index (χ4n) is 7.80. The van der Waals surface area contributed by atoms with E-state index in [1.54, 1.807) is 7.11 Å². The number of esters is 1. The molecule has 2 aliphatic carbocycles. The van der Waals surface area contributed by atoms with Crippen LogP contribution >= 0.6 is 0 Å². The second-order valence-corrected chi connectivity index (χ2v) is 16.1. The zero-order valence-corrected chi connectivity index (χ0v) is 30.8. The number of methoxy groups -OCH3 is 1. The van der Waals surface area contributed by atoms with E-state index in [0.717, 1.165) is 32.1 Å². The van der Waals surface area contributed by atoms with E-state index in [9.17, 15) is 24.0 Å². The van der Waals surface area contributed by atoms with Crippen molar-refractivity contribution in [1.82, 2.24) is 21.3 Å². The summed E-state index contributed by atoms with van der Waals surface area (Å²) in [4.78, 5) is 61.2. The molecule has 14 heteroatoms. The number of ketones is 1. The first-order valence-corrected chi connectivity index (χ1v) is 17.1. The molecule has 0 aromatic carbocycles. The smallest absolute Gasteiger partial charge is 0.407 e. The van der Waals surface area contributed by atoms with Gasteiger partial charge in [0, 0.05) is 37.9 Å². The summed E-state index contributed by atoms with van der Waals surface area (Å²) in [5.41, 5.74) is -0.392. The standard InChI is InChI=1S/C35H60N4O10/c1-24(2)28(41)46-12-13-48-31(44)39-26-15-33(5,6)21-35(8,17-26)23-37-29(42)49-19-27(40)18-36-22-34(7)16-25(14-32(3,4)20-34)38-30(43)47-11-10-45-9/h25-26,36H,1,10-23H2,2-9H3,(H,37,42)(H,38,43)(H,39,44). The van der Waals surface area contributed by atoms with Crippen LogP contribution in [0.3, 0.4) is 0 Å². The van der Waals surface area contributed by atoms with Crippen LogP contribution < -0.4 is 21.3 Å². The molecule has 2 rings (SSSR count). The molecule has 0 aromatic heterocycles. The minimum Gasteiger partial charge on any atom is -0.459 e. The Hall–Kier alpha value is -3.39. The first-order valence-electron chi connectivity index (χ1n) is 17.1. The number of hydrogen-bond donors (Lipinski definition) is 4. The summed E-state index contributed by atoms with van der Waals surface area (Å²) in [6.45, 7) is 18.7. The van der Waals surface area contributed by atoms with E-state index >= 15 is 0 Å². The SMILES string of the molecule is C=C(C)C(=O)OCCOC(=O)NC1CC(C)(C)CC(C)(CNC(=O)OCC(=O)CNCC2(C)CC(NC(=O)OCCOC)CC(C)(C)C2)C1. The number of carbonyl (C=O) groups is 5. The van der Waals surface area contributed by atoms with Gasteiger partial charge in [-0.05, 0) is 67.1 Å². The number of nitrogens with one attached hydrogen (secondary N) is 4. The predicted octanol–water partition coefficient (Wildman–Crippen LogP) is 4.26. The van der Waals surface area contributed by atoms with Gasteiger partial charge in [-0.1, -0.05) is 48.1 Å². The molecule has 49 heavy (non-hydrogen) atoms. The third-order valence-electron chi connectivity index (χ3n) is 8.85. The monoisotopic (exact) mass is 696 g/mol. The van der Waals surface area contributed by atoms with E-state index in [-0.39, 0.29) is 78.1 Å². The summed E-state index contributed by atoms with van der Waals surface area (Å²) in [6, 6.07) is -0.253. The van der Waals surface area contributed by atoms with Crippen LogP contribution in [0.25, 0.3) is 0 Å². The van der Waals surface area contributed by atoms with E-state index in [1.807, 2.05) is 6.92 Å². The van der Waals surface area contributed by atoms with E-state index in [2.05, 4.69) is 62.5 Å². The van der Waals surface area contributed by atoms with Gasteiger partial charge in [-0.2, -0.15) is 0 Å². The Labute approximate surface area is 291 Å². The van der Waals surface area contributed by atoms with Crippen molar-refractivity contribution in [2.24, 2.45) is 21.7 Å². The lowest BCUT2D eigenvalue weighted by Gasteiger charge is -2.46. The Morgan fingerprint density at radius 1 is 0.673 bits per heavy atom. The van der Waals surface area contributed by atoms with Gasteiger partial charge >= 0.3 is 24.2 Å². The topological polar surface area (TPSA) is 180 Å². The van der Waals surface area contributed by atoms with Crippen molar-refractivity contribution in [3.05, 3.63) is 12.2 Å². The Bertz CT molecular complexity index is 1180. The molecule has 2 fully saturated rings. The van der Waals surface area contributed by atoms with Crippen molar-refractivity contribution in [3.8, 4) is 0 Å². The van der Waals surface area contributed by atoms with E-state index in [1.165, 1.54) is 6.92 Å². The van der Waals surface area contributed by atoms with Crippen molar-refractivity contribution in [3.63, 3.8) is 0 Å². The third-order valence-corrected chi connectivity index (χ3v) is 8.85. The summed E-state index contributed by atoms with van der Waals surface area (Å²) in [5.74, 6) is -0.801. The summed E-state index contributed by atoms with van der Waals surface area (Å²) in [5, 5.41) is 11.9. The number of hydrogen-bond acceptors (Lipinski definition) is 11. The second-order valence-electron chi connectivity index (χ2n) is 16.1. The van der Waals surface area contributed by atoms with Crippen molar-refractivity contribution in [2.45, 2.75) is 99.1 Å². The predicted molar refractivity (Wildman–Crippen MR) is 183 cm³/mol. The zero-order chi connectivity index (χ0) is 36.9. The molecule has 4 N–H and O–H groups in total. The van der Waals surface area contributed by atoms with E-state index < -0.39 is 24.2 Å². The number of rotatable bonds is 17.